The number of aromatic nitrogens is 1. The maximum absolute atomic E-state index is 12.2. The van der Waals surface area contributed by atoms with Crippen LogP contribution in [-0.4, -0.2) is 43.2 Å². The second-order valence-electron chi connectivity index (χ2n) is 6.62. The molecule has 2 aromatic rings. The van der Waals surface area contributed by atoms with Crippen LogP contribution < -0.4 is 15.5 Å². The van der Waals surface area contributed by atoms with Gasteiger partial charge in [0.25, 0.3) is 5.91 Å². The van der Waals surface area contributed by atoms with Crippen LogP contribution in [0.4, 0.5) is 17.2 Å². The maximum Gasteiger partial charge on any atom is 0.252 e. The number of nitrogens with one attached hydrogen (secondary N) is 2. The summed E-state index contributed by atoms with van der Waals surface area (Å²) >= 11 is 0. The third-order valence-electron chi connectivity index (χ3n) is 4.81. The molecule has 1 fully saturated rings. The summed E-state index contributed by atoms with van der Waals surface area (Å²) in [5.74, 6) is 0.592. The van der Waals surface area contributed by atoms with Crippen LogP contribution in [0.3, 0.4) is 0 Å². The summed E-state index contributed by atoms with van der Waals surface area (Å²) in [7, 11) is 0. The minimum Gasteiger partial charge on any atom is -0.376 e. The Morgan fingerprint density at radius 2 is 1.96 bits per heavy atom. The third kappa shape index (κ3) is 5.20. The number of carbonyl (C=O) groups is 1. The molecule has 1 atom stereocenters. The summed E-state index contributed by atoms with van der Waals surface area (Å²) < 4.78 is 5.52. The number of amides is 1. The second-order valence-corrected chi connectivity index (χ2v) is 6.62. The molecule has 144 valence electrons. The largest absolute Gasteiger partial charge is 0.376 e. The van der Waals surface area contributed by atoms with Crippen molar-refractivity contribution >= 4 is 23.1 Å². The first-order valence-corrected chi connectivity index (χ1v) is 9.67. The van der Waals surface area contributed by atoms with Gasteiger partial charge < -0.3 is 20.3 Å². The summed E-state index contributed by atoms with van der Waals surface area (Å²) in [5, 5.41) is 6.18. The van der Waals surface area contributed by atoms with Gasteiger partial charge in [0.1, 0.15) is 5.82 Å². The molecule has 1 saturated heterocycles. The van der Waals surface area contributed by atoms with Gasteiger partial charge in [-0.25, -0.2) is 4.98 Å². The number of hydrogen-bond acceptors (Lipinski definition) is 5. The average Bonchev–Trinajstić information content (AvgIpc) is 3.22. The fourth-order valence-electron chi connectivity index (χ4n) is 3.21. The molecule has 2 heterocycles. The Morgan fingerprint density at radius 3 is 2.56 bits per heavy atom. The molecule has 3 rings (SSSR count). The molecular formula is C21H28N4O2. The van der Waals surface area contributed by atoms with E-state index < -0.39 is 0 Å². The van der Waals surface area contributed by atoms with Crippen LogP contribution in [0.25, 0.3) is 0 Å². The van der Waals surface area contributed by atoms with Gasteiger partial charge in [0, 0.05) is 43.8 Å². The fraction of sp³-hybridized carbons (Fsp3) is 0.429. The van der Waals surface area contributed by atoms with Crippen molar-refractivity contribution in [2.75, 3.05) is 36.5 Å². The Kier molecular flexibility index (Phi) is 6.65. The lowest BCUT2D eigenvalue weighted by Gasteiger charge is -2.21. The predicted octanol–water partition coefficient (Wildman–Crippen LogP) is 3.58. The molecule has 0 spiro atoms. The van der Waals surface area contributed by atoms with E-state index in [0.29, 0.717) is 17.9 Å². The topological polar surface area (TPSA) is 66.5 Å². The third-order valence-corrected chi connectivity index (χ3v) is 4.81. The molecule has 1 aromatic heterocycles. The van der Waals surface area contributed by atoms with E-state index in [-0.39, 0.29) is 12.0 Å². The highest BCUT2D eigenvalue weighted by Gasteiger charge is 2.16. The fourth-order valence-corrected chi connectivity index (χ4v) is 3.21. The lowest BCUT2D eigenvalue weighted by molar-refractivity contribution is 0.0857. The minimum atomic E-state index is -0.117. The molecule has 1 aliphatic rings. The molecule has 2 N–H and O–H groups in total. The van der Waals surface area contributed by atoms with Crippen molar-refractivity contribution in [2.24, 2.45) is 0 Å². The van der Waals surface area contributed by atoms with Crippen molar-refractivity contribution in [3.8, 4) is 0 Å². The Hall–Kier alpha value is -2.60. The molecule has 6 heteroatoms. The quantitative estimate of drug-likeness (QED) is 0.745. The van der Waals surface area contributed by atoms with E-state index in [1.807, 2.05) is 18.2 Å². The number of benzene rings is 1. The smallest absolute Gasteiger partial charge is 0.252 e. The van der Waals surface area contributed by atoms with Gasteiger partial charge in [-0.2, -0.15) is 0 Å². The Balaban J connectivity index is 1.54. The summed E-state index contributed by atoms with van der Waals surface area (Å²) in [4.78, 5) is 18.8. The van der Waals surface area contributed by atoms with E-state index in [9.17, 15) is 4.79 Å². The highest BCUT2D eigenvalue weighted by atomic mass is 16.5. The Bertz CT molecular complexity index is 721. The van der Waals surface area contributed by atoms with Gasteiger partial charge in [-0.05, 0) is 63.1 Å². The van der Waals surface area contributed by atoms with E-state index in [1.54, 1.807) is 12.3 Å². The highest BCUT2D eigenvalue weighted by Crippen LogP contribution is 2.20. The van der Waals surface area contributed by atoms with Crippen LogP contribution in [0.15, 0.2) is 42.6 Å². The molecule has 0 radical (unpaired) electrons. The number of pyridine rings is 1. The summed E-state index contributed by atoms with van der Waals surface area (Å²) in [6.07, 6.45) is 3.81. The molecule has 1 aliphatic heterocycles. The van der Waals surface area contributed by atoms with Crippen LogP contribution in [0.1, 0.15) is 37.0 Å². The van der Waals surface area contributed by atoms with Crippen molar-refractivity contribution in [3.05, 3.63) is 48.2 Å². The predicted molar refractivity (Wildman–Crippen MR) is 109 cm³/mol. The molecule has 1 aromatic carbocycles. The first-order chi connectivity index (χ1) is 13.2. The van der Waals surface area contributed by atoms with Gasteiger partial charge in [0.15, 0.2) is 0 Å². The number of carbonyl (C=O) groups excluding carboxylic acids is 1. The van der Waals surface area contributed by atoms with Crippen molar-refractivity contribution in [1.29, 1.82) is 0 Å². The van der Waals surface area contributed by atoms with Crippen molar-refractivity contribution in [1.82, 2.24) is 10.3 Å². The zero-order valence-corrected chi connectivity index (χ0v) is 16.1. The summed E-state index contributed by atoms with van der Waals surface area (Å²) in [5.41, 5.74) is 2.72. The molecule has 0 aliphatic carbocycles. The van der Waals surface area contributed by atoms with Crippen molar-refractivity contribution in [3.63, 3.8) is 0 Å². The lowest BCUT2D eigenvalue weighted by Crippen LogP contribution is -2.31. The lowest BCUT2D eigenvalue weighted by atomic mass is 10.2. The number of nitrogens with zero attached hydrogens (tertiary/aromatic N) is 2. The van der Waals surface area contributed by atoms with Gasteiger partial charge in [-0.1, -0.05) is 0 Å². The number of ether oxygens (including phenoxy) is 1. The van der Waals surface area contributed by atoms with Crippen molar-refractivity contribution < 1.29 is 9.53 Å². The standard InChI is InChI=1S/C21H28N4O2/c1-3-25(4-2)18-10-8-17(9-11-18)24-20-12-7-16(14-22-20)21(26)23-15-19-6-5-13-27-19/h7-12,14,19H,3-6,13,15H2,1-2H3,(H,22,24)(H,23,26). The number of rotatable bonds is 8. The van der Waals surface area contributed by atoms with Gasteiger partial charge >= 0.3 is 0 Å². The van der Waals surface area contributed by atoms with Gasteiger partial charge in [-0.3, -0.25) is 4.79 Å². The van der Waals surface area contributed by atoms with Crippen molar-refractivity contribution in [2.45, 2.75) is 32.8 Å². The Labute approximate surface area is 160 Å². The zero-order chi connectivity index (χ0) is 19.1. The summed E-state index contributed by atoms with van der Waals surface area (Å²) in [6.45, 7) is 7.62. The van der Waals surface area contributed by atoms with Gasteiger partial charge in [-0.15, -0.1) is 0 Å². The molecule has 27 heavy (non-hydrogen) atoms. The average molecular weight is 368 g/mol. The van der Waals surface area contributed by atoms with Gasteiger partial charge in [0.05, 0.1) is 11.7 Å². The van der Waals surface area contributed by atoms with E-state index in [4.69, 9.17) is 4.74 Å². The molecule has 1 amide bonds. The van der Waals surface area contributed by atoms with E-state index in [1.165, 1.54) is 5.69 Å². The first-order valence-electron chi connectivity index (χ1n) is 9.67. The molecule has 0 saturated carbocycles. The maximum atomic E-state index is 12.2. The normalized spacial score (nSPS) is 16.1. The van der Waals surface area contributed by atoms with Crippen LogP contribution in [-0.2, 0) is 4.74 Å². The van der Waals surface area contributed by atoms with E-state index in [2.05, 4.69) is 46.5 Å². The zero-order valence-electron chi connectivity index (χ0n) is 16.1. The van der Waals surface area contributed by atoms with Crippen LogP contribution in [0.5, 0.6) is 0 Å². The molecule has 1 unspecified atom stereocenters. The monoisotopic (exact) mass is 368 g/mol. The molecular weight excluding hydrogens is 340 g/mol. The molecule has 0 bridgehead atoms. The number of hydrogen-bond donors (Lipinski definition) is 2. The van der Waals surface area contributed by atoms with E-state index in [0.717, 1.165) is 38.2 Å². The van der Waals surface area contributed by atoms with Crippen LogP contribution >= 0.6 is 0 Å². The van der Waals surface area contributed by atoms with Gasteiger partial charge in [0.2, 0.25) is 0 Å². The minimum absolute atomic E-state index is 0.117. The first kappa shape index (κ1) is 19.2. The Morgan fingerprint density at radius 1 is 1.19 bits per heavy atom. The SMILES string of the molecule is CCN(CC)c1ccc(Nc2ccc(C(=O)NCC3CCCO3)cn2)cc1. The van der Waals surface area contributed by atoms with E-state index >= 15 is 0 Å². The molecule has 6 nitrogen and oxygen atoms in total. The van der Waals surface area contributed by atoms with Crippen LogP contribution in [0.2, 0.25) is 0 Å². The highest BCUT2D eigenvalue weighted by molar-refractivity contribution is 5.94. The number of anilines is 3. The van der Waals surface area contributed by atoms with Crippen LogP contribution in [0, 0.1) is 0 Å². The summed E-state index contributed by atoms with van der Waals surface area (Å²) in [6, 6.07) is 11.9. The second kappa shape index (κ2) is 9.37.